The fourth-order valence-corrected chi connectivity index (χ4v) is 3.89. The van der Waals surface area contributed by atoms with E-state index in [1.165, 1.54) is 17.7 Å². The zero-order chi connectivity index (χ0) is 20.5. The predicted octanol–water partition coefficient (Wildman–Crippen LogP) is 4.07. The molecule has 0 saturated carbocycles. The highest BCUT2D eigenvalue weighted by Crippen LogP contribution is 2.25. The van der Waals surface area contributed by atoms with Crippen LogP contribution in [0.3, 0.4) is 0 Å². The highest BCUT2D eigenvalue weighted by atomic mass is 19.1. The number of hydrogen-bond donors (Lipinski definition) is 0. The Labute approximate surface area is 173 Å². The van der Waals surface area contributed by atoms with E-state index in [-0.39, 0.29) is 17.8 Å². The van der Waals surface area contributed by atoms with Crippen LogP contribution in [0.5, 0.6) is 0 Å². The van der Waals surface area contributed by atoms with Crippen LogP contribution in [0.15, 0.2) is 54.6 Å². The molecule has 1 heterocycles. The van der Waals surface area contributed by atoms with Gasteiger partial charge in [0, 0.05) is 32.6 Å². The fraction of sp³-hybridized carbons (Fsp3) is 0.458. The van der Waals surface area contributed by atoms with Crippen molar-refractivity contribution in [2.24, 2.45) is 0 Å². The van der Waals surface area contributed by atoms with Gasteiger partial charge in [0.15, 0.2) is 0 Å². The van der Waals surface area contributed by atoms with Crippen molar-refractivity contribution in [2.75, 3.05) is 39.4 Å². The lowest BCUT2D eigenvalue weighted by Gasteiger charge is -2.35. The lowest BCUT2D eigenvalue weighted by atomic mass is 10.0. The van der Waals surface area contributed by atoms with Crippen LogP contribution in [-0.4, -0.2) is 55.1 Å². The molecule has 2 aromatic carbocycles. The standard InChI is InChI=1S/C24H31FN2O2/c1-2-23(21-6-4-3-5-7-21)27(15-14-26-16-18-29-19-17-26)24(28)13-10-20-8-11-22(25)12-9-20/h3-9,11-12,23H,2,10,13-19H2,1H3. The molecule has 0 bridgehead atoms. The first-order valence-electron chi connectivity index (χ1n) is 10.6. The number of aryl methyl sites for hydroxylation is 1. The van der Waals surface area contributed by atoms with Gasteiger partial charge in [0.05, 0.1) is 19.3 Å². The van der Waals surface area contributed by atoms with E-state index < -0.39 is 0 Å². The Morgan fingerprint density at radius 3 is 2.45 bits per heavy atom. The van der Waals surface area contributed by atoms with Crippen LogP contribution in [0.1, 0.15) is 36.9 Å². The molecule has 1 aliphatic heterocycles. The van der Waals surface area contributed by atoms with Gasteiger partial charge in [-0.25, -0.2) is 4.39 Å². The molecule has 1 unspecified atom stereocenters. The SMILES string of the molecule is CCC(c1ccccc1)N(CCN1CCOCC1)C(=O)CCc1ccc(F)cc1. The topological polar surface area (TPSA) is 32.8 Å². The maximum atomic E-state index is 13.2. The first-order valence-corrected chi connectivity index (χ1v) is 10.6. The van der Waals surface area contributed by atoms with Crippen LogP contribution in [0.25, 0.3) is 0 Å². The van der Waals surface area contributed by atoms with E-state index in [1.54, 1.807) is 12.1 Å². The number of amides is 1. The molecule has 156 valence electrons. The molecular formula is C24H31FN2O2. The summed E-state index contributed by atoms with van der Waals surface area (Å²) < 4.78 is 18.6. The van der Waals surface area contributed by atoms with Gasteiger partial charge < -0.3 is 9.64 Å². The first-order chi connectivity index (χ1) is 14.2. The van der Waals surface area contributed by atoms with Crippen LogP contribution in [0.4, 0.5) is 4.39 Å². The zero-order valence-corrected chi connectivity index (χ0v) is 17.2. The van der Waals surface area contributed by atoms with Crippen LogP contribution in [0, 0.1) is 5.82 Å². The van der Waals surface area contributed by atoms with E-state index in [0.29, 0.717) is 19.4 Å². The minimum absolute atomic E-state index is 0.0676. The van der Waals surface area contributed by atoms with Gasteiger partial charge in [0.1, 0.15) is 5.82 Å². The molecule has 29 heavy (non-hydrogen) atoms. The van der Waals surface area contributed by atoms with Crippen molar-refractivity contribution in [3.8, 4) is 0 Å². The number of halogens is 1. The van der Waals surface area contributed by atoms with Crippen LogP contribution in [0.2, 0.25) is 0 Å². The highest BCUT2D eigenvalue weighted by Gasteiger charge is 2.24. The molecule has 1 amide bonds. The van der Waals surface area contributed by atoms with Crippen LogP contribution < -0.4 is 0 Å². The molecule has 1 fully saturated rings. The van der Waals surface area contributed by atoms with Gasteiger partial charge >= 0.3 is 0 Å². The third-order valence-electron chi connectivity index (χ3n) is 5.57. The second-order valence-corrected chi connectivity index (χ2v) is 7.50. The highest BCUT2D eigenvalue weighted by molar-refractivity contribution is 5.77. The number of hydrogen-bond acceptors (Lipinski definition) is 3. The number of carbonyl (C=O) groups excluding carboxylic acids is 1. The minimum atomic E-state index is -0.248. The summed E-state index contributed by atoms with van der Waals surface area (Å²) in [6.07, 6.45) is 1.92. The Hall–Kier alpha value is -2.24. The van der Waals surface area contributed by atoms with Gasteiger partial charge in [-0.05, 0) is 36.1 Å². The molecule has 5 heteroatoms. The summed E-state index contributed by atoms with van der Waals surface area (Å²) in [5.74, 6) is -0.0966. The molecule has 1 aliphatic rings. The lowest BCUT2D eigenvalue weighted by Crippen LogP contribution is -2.44. The Balaban J connectivity index is 1.69. The summed E-state index contributed by atoms with van der Waals surface area (Å²) in [6, 6.07) is 16.8. The van der Waals surface area contributed by atoms with Gasteiger partial charge in [0.2, 0.25) is 5.91 Å². The van der Waals surface area contributed by atoms with Crippen molar-refractivity contribution in [1.29, 1.82) is 0 Å². The second-order valence-electron chi connectivity index (χ2n) is 7.50. The third kappa shape index (κ3) is 6.38. The molecular weight excluding hydrogens is 367 g/mol. The van der Waals surface area contributed by atoms with Gasteiger partial charge in [-0.2, -0.15) is 0 Å². The van der Waals surface area contributed by atoms with Crippen LogP contribution in [-0.2, 0) is 16.0 Å². The molecule has 2 aromatic rings. The average Bonchev–Trinajstić information content (AvgIpc) is 2.77. The maximum absolute atomic E-state index is 13.2. The van der Waals surface area contributed by atoms with Crippen molar-refractivity contribution in [3.63, 3.8) is 0 Å². The van der Waals surface area contributed by atoms with Gasteiger partial charge in [-0.1, -0.05) is 49.4 Å². The molecule has 0 aromatic heterocycles. The van der Waals surface area contributed by atoms with E-state index in [2.05, 4.69) is 24.0 Å². The number of nitrogens with zero attached hydrogens (tertiary/aromatic N) is 2. The summed E-state index contributed by atoms with van der Waals surface area (Å²) in [7, 11) is 0. The molecule has 0 spiro atoms. The smallest absolute Gasteiger partial charge is 0.223 e. The Bertz CT molecular complexity index is 745. The molecule has 0 N–H and O–H groups in total. The summed E-state index contributed by atoms with van der Waals surface area (Å²) in [4.78, 5) is 17.6. The monoisotopic (exact) mass is 398 g/mol. The van der Waals surface area contributed by atoms with Crippen molar-refractivity contribution >= 4 is 5.91 Å². The molecule has 3 rings (SSSR count). The molecule has 4 nitrogen and oxygen atoms in total. The molecule has 1 saturated heterocycles. The number of morpholine rings is 1. The van der Waals surface area contributed by atoms with Crippen molar-refractivity contribution in [3.05, 3.63) is 71.5 Å². The molecule has 1 atom stereocenters. The Morgan fingerprint density at radius 2 is 1.79 bits per heavy atom. The van der Waals surface area contributed by atoms with Gasteiger partial charge in [-0.15, -0.1) is 0 Å². The fourth-order valence-electron chi connectivity index (χ4n) is 3.89. The number of rotatable bonds is 9. The van der Waals surface area contributed by atoms with E-state index in [9.17, 15) is 9.18 Å². The lowest BCUT2D eigenvalue weighted by molar-refractivity contribution is -0.134. The van der Waals surface area contributed by atoms with Crippen molar-refractivity contribution in [1.82, 2.24) is 9.80 Å². The quantitative estimate of drug-likeness (QED) is 0.638. The Morgan fingerprint density at radius 1 is 1.10 bits per heavy atom. The number of carbonyl (C=O) groups is 1. The van der Waals surface area contributed by atoms with Crippen LogP contribution >= 0.6 is 0 Å². The third-order valence-corrected chi connectivity index (χ3v) is 5.57. The summed E-state index contributed by atoms with van der Waals surface area (Å²) in [5.41, 5.74) is 2.16. The summed E-state index contributed by atoms with van der Waals surface area (Å²) in [6.45, 7) is 7.04. The minimum Gasteiger partial charge on any atom is -0.379 e. The summed E-state index contributed by atoms with van der Waals surface area (Å²) >= 11 is 0. The van der Waals surface area contributed by atoms with E-state index in [1.807, 2.05) is 23.1 Å². The normalized spacial score (nSPS) is 15.8. The van der Waals surface area contributed by atoms with Crippen molar-refractivity contribution < 1.29 is 13.9 Å². The average molecular weight is 399 g/mol. The van der Waals surface area contributed by atoms with Gasteiger partial charge in [0.25, 0.3) is 0 Å². The molecule has 0 radical (unpaired) electrons. The maximum Gasteiger partial charge on any atom is 0.223 e. The summed E-state index contributed by atoms with van der Waals surface area (Å²) in [5, 5.41) is 0. The second kappa shape index (κ2) is 11.1. The number of ether oxygens (including phenoxy) is 1. The Kier molecular flexibility index (Phi) is 8.20. The number of benzene rings is 2. The molecule has 0 aliphatic carbocycles. The van der Waals surface area contributed by atoms with Gasteiger partial charge in [-0.3, -0.25) is 9.69 Å². The van der Waals surface area contributed by atoms with Crippen molar-refractivity contribution in [2.45, 2.75) is 32.2 Å². The first kappa shape index (κ1) is 21.5. The largest absolute Gasteiger partial charge is 0.379 e. The van der Waals surface area contributed by atoms with E-state index >= 15 is 0 Å². The zero-order valence-electron chi connectivity index (χ0n) is 17.2. The predicted molar refractivity (Wildman–Crippen MR) is 113 cm³/mol. The van der Waals surface area contributed by atoms with E-state index in [0.717, 1.165) is 44.8 Å². The van der Waals surface area contributed by atoms with E-state index in [4.69, 9.17) is 4.74 Å².